The molecule has 0 spiro atoms. The van der Waals surface area contributed by atoms with Gasteiger partial charge in [-0.3, -0.25) is 4.79 Å². The summed E-state index contributed by atoms with van der Waals surface area (Å²) in [6.45, 7) is 2.34. The molecule has 1 amide bonds. The fourth-order valence-electron chi connectivity index (χ4n) is 2.07. The first-order chi connectivity index (χ1) is 9.88. The lowest BCUT2D eigenvalue weighted by Gasteiger charge is -2.20. The van der Waals surface area contributed by atoms with Crippen LogP contribution in [0.1, 0.15) is 49.8 Å². The van der Waals surface area contributed by atoms with Gasteiger partial charge in [0.2, 0.25) is 5.91 Å². The van der Waals surface area contributed by atoms with Gasteiger partial charge in [-0.1, -0.05) is 25.5 Å². The molecular formula is C15H22ClF3N2O. The number of amides is 1. The molecule has 0 aromatic heterocycles. The third kappa shape index (κ3) is 6.66. The molecular weight excluding hydrogens is 317 g/mol. The van der Waals surface area contributed by atoms with Gasteiger partial charge in [0.15, 0.2) is 0 Å². The summed E-state index contributed by atoms with van der Waals surface area (Å²) in [5, 5.41) is 2.79. The molecule has 0 heterocycles. The second-order valence-electron chi connectivity index (χ2n) is 4.92. The van der Waals surface area contributed by atoms with Gasteiger partial charge in [-0.05, 0) is 37.1 Å². The van der Waals surface area contributed by atoms with Crippen molar-refractivity contribution in [2.75, 3.05) is 6.54 Å². The highest BCUT2D eigenvalue weighted by atomic mass is 35.5. The van der Waals surface area contributed by atoms with E-state index in [4.69, 9.17) is 5.73 Å². The van der Waals surface area contributed by atoms with Gasteiger partial charge in [0.1, 0.15) is 0 Å². The summed E-state index contributed by atoms with van der Waals surface area (Å²) in [5.74, 6) is -0.184. The van der Waals surface area contributed by atoms with Gasteiger partial charge in [0.25, 0.3) is 0 Å². The Labute approximate surface area is 134 Å². The lowest BCUT2D eigenvalue weighted by molar-refractivity contribution is -0.137. The predicted octanol–water partition coefficient (Wildman–Crippen LogP) is 3.82. The number of hydrogen-bond donors (Lipinski definition) is 2. The molecule has 22 heavy (non-hydrogen) atoms. The molecule has 0 aliphatic carbocycles. The third-order valence-corrected chi connectivity index (χ3v) is 3.14. The van der Waals surface area contributed by atoms with Crippen LogP contribution in [-0.4, -0.2) is 12.5 Å². The Morgan fingerprint density at radius 3 is 2.59 bits per heavy atom. The fourth-order valence-corrected chi connectivity index (χ4v) is 2.07. The van der Waals surface area contributed by atoms with Crippen molar-refractivity contribution in [1.82, 2.24) is 5.32 Å². The summed E-state index contributed by atoms with van der Waals surface area (Å²) in [6, 6.07) is 4.71. The highest BCUT2D eigenvalue weighted by Gasteiger charge is 2.31. The second-order valence-corrected chi connectivity index (χ2v) is 4.92. The molecule has 1 unspecified atom stereocenters. The largest absolute Gasteiger partial charge is 0.416 e. The highest BCUT2D eigenvalue weighted by Crippen LogP contribution is 2.31. The molecule has 0 fully saturated rings. The minimum atomic E-state index is -4.38. The second kappa shape index (κ2) is 9.69. The van der Waals surface area contributed by atoms with E-state index in [1.54, 1.807) is 6.07 Å². The minimum Gasteiger partial charge on any atom is -0.349 e. The summed E-state index contributed by atoms with van der Waals surface area (Å²) < 4.78 is 38.2. The van der Waals surface area contributed by atoms with Gasteiger partial charge >= 0.3 is 6.18 Å². The van der Waals surface area contributed by atoms with Crippen LogP contribution in [0.25, 0.3) is 0 Å². The summed E-state index contributed by atoms with van der Waals surface area (Å²) in [5.41, 5.74) is 5.12. The van der Waals surface area contributed by atoms with Crippen molar-refractivity contribution < 1.29 is 18.0 Å². The number of carbonyl (C=O) groups excluding carboxylic acids is 1. The molecule has 0 radical (unpaired) electrons. The van der Waals surface area contributed by atoms with Gasteiger partial charge in [0.05, 0.1) is 11.6 Å². The quantitative estimate of drug-likeness (QED) is 0.794. The van der Waals surface area contributed by atoms with Gasteiger partial charge in [0, 0.05) is 6.42 Å². The van der Waals surface area contributed by atoms with Gasteiger partial charge in [-0.15, -0.1) is 12.4 Å². The maximum atomic E-state index is 12.7. The molecule has 0 aliphatic rings. The predicted molar refractivity (Wildman–Crippen MR) is 82.8 cm³/mol. The van der Waals surface area contributed by atoms with E-state index < -0.39 is 17.8 Å². The molecule has 1 aromatic carbocycles. The van der Waals surface area contributed by atoms with Crippen LogP contribution in [0.2, 0.25) is 0 Å². The highest BCUT2D eigenvalue weighted by molar-refractivity contribution is 5.85. The molecule has 126 valence electrons. The van der Waals surface area contributed by atoms with Gasteiger partial charge in [-0.2, -0.15) is 13.2 Å². The summed E-state index contributed by atoms with van der Waals surface area (Å²) in [6.07, 6.45) is -2.17. The Morgan fingerprint density at radius 1 is 1.36 bits per heavy atom. The van der Waals surface area contributed by atoms with Crippen molar-refractivity contribution in [2.45, 2.75) is 44.8 Å². The third-order valence-electron chi connectivity index (χ3n) is 3.14. The van der Waals surface area contributed by atoms with Crippen molar-refractivity contribution in [3.8, 4) is 0 Å². The number of halogens is 4. The van der Waals surface area contributed by atoms with Crippen molar-refractivity contribution in [2.24, 2.45) is 5.73 Å². The molecule has 3 N–H and O–H groups in total. The summed E-state index contributed by atoms with van der Waals surface area (Å²) >= 11 is 0. The number of nitrogens with two attached hydrogens (primary N) is 1. The Bertz CT molecular complexity index is 466. The van der Waals surface area contributed by atoms with Crippen molar-refractivity contribution in [3.63, 3.8) is 0 Å². The van der Waals surface area contributed by atoms with E-state index in [0.717, 1.165) is 18.6 Å². The fraction of sp³-hybridized carbons (Fsp3) is 0.533. The number of benzene rings is 1. The lowest BCUT2D eigenvalue weighted by atomic mass is 9.99. The van der Waals surface area contributed by atoms with Crippen LogP contribution in [0, 0.1) is 0 Å². The molecule has 0 saturated carbocycles. The first-order valence-electron chi connectivity index (χ1n) is 7.05. The van der Waals surface area contributed by atoms with E-state index in [1.807, 2.05) is 6.92 Å². The van der Waals surface area contributed by atoms with Crippen LogP contribution in [0.3, 0.4) is 0 Å². The molecule has 7 heteroatoms. The average Bonchev–Trinajstić information content (AvgIpc) is 2.44. The normalized spacial score (nSPS) is 12.4. The lowest BCUT2D eigenvalue weighted by Crippen LogP contribution is -2.29. The number of rotatable bonds is 7. The smallest absolute Gasteiger partial charge is 0.349 e. The zero-order valence-corrected chi connectivity index (χ0v) is 13.3. The number of nitrogens with one attached hydrogen (secondary N) is 1. The Morgan fingerprint density at radius 2 is 2.05 bits per heavy atom. The van der Waals surface area contributed by atoms with E-state index in [9.17, 15) is 18.0 Å². The summed E-state index contributed by atoms with van der Waals surface area (Å²) in [4.78, 5) is 11.8. The van der Waals surface area contributed by atoms with Crippen LogP contribution >= 0.6 is 12.4 Å². The van der Waals surface area contributed by atoms with Gasteiger partial charge in [-0.25, -0.2) is 0 Å². The molecule has 0 bridgehead atoms. The van der Waals surface area contributed by atoms with E-state index in [1.165, 1.54) is 6.07 Å². The Balaban J connectivity index is 0.00000441. The Kier molecular flexibility index (Phi) is 9.13. The number of hydrogen-bond acceptors (Lipinski definition) is 2. The van der Waals surface area contributed by atoms with Crippen LogP contribution in [-0.2, 0) is 11.0 Å². The molecule has 3 nitrogen and oxygen atoms in total. The molecule has 1 atom stereocenters. The zero-order valence-electron chi connectivity index (χ0n) is 12.5. The molecule has 0 saturated heterocycles. The van der Waals surface area contributed by atoms with Crippen LogP contribution in [0.5, 0.6) is 0 Å². The maximum Gasteiger partial charge on any atom is 0.416 e. The van der Waals surface area contributed by atoms with Crippen LogP contribution in [0.4, 0.5) is 13.2 Å². The van der Waals surface area contributed by atoms with Crippen molar-refractivity contribution in [3.05, 3.63) is 35.4 Å². The van der Waals surface area contributed by atoms with Crippen molar-refractivity contribution in [1.29, 1.82) is 0 Å². The standard InChI is InChI=1S/C15H21F3N2O.ClH/c1-2-5-13(20-14(21)8-4-9-19)11-6-3-7-12(10-11)15(16,17)18;/h3,6-7,10,13H,2,4-5,8-9,19H2,1H3,(H,20,21);1H. The van der Waals surface area contributed by atoms with E-state index >= 15 is 0 Å². The van der Waals surface area contributed by atoms with Gasteiger partial charge < -0.3 is 11.1 Å². The monoisotopic (exact) mass is 338 g/mol. The average molecular weight is 339 g/mol. The molecule has 0 aliphatic heterocycles. The summed E-state index contributed by atoms with van der Waals surface area (Å²) in [7, 11) is 0. The van der Waals surface area contributed by atoms with Crippen LogP contribution in [0.15, 0.2) is 24.3 Å². The zero-order chi connectivity index (χ0) is 15.9. The molecule has 1 rings (SSSR count). The number of carbonyl (C=O) groups is 1. The van der Waals surface area contributed by atoms with E-state index in [0.29, 0.717) is 24.9 Å². The first-order valence-corrected chi connectivity index (χ1v) is 7.05. The van der Waals surface area contributed by atoms with E-state index in [2.05, 4.69) is 5.32 Å². The first kappa shape index (κ1) is 20.7. The molecule has 1 aromatic rings. The Hall–Kier alpha value is -1.27. The topological polar surface area (TPSA) is 55.1 Å². The number of alkyl halides is 3. The van der Waals surface area contributed by atoms with Crippen LogP contribution < -0.4 is 11.1 Å². The van der Waals surface area contributed by atoms with Crippen molar-refractivity contribution >= 4 is 18.3 Å². The van der Waals surface area contributed by atoms with E-state index in [-0.39, 0.29) is 24.7 Å². The maximum absolute atomic E-state index is 12.7. The SMILES string of the molecule is CCCC(NC(=O)CCCN)c1cccc(C(F)(F)F)c1.Cl. The minimum absolute atomic E-state index is 0.